The fraction of sp³-hybridized carbons (Fsp3) is 0.579. The van der Waals surface area contributed by atoms with Crippen LogP contribution in [0, 0.1) is 0 Å². The maximum Gasteiger partial charge on any atom is 0.321 e. The fourth-order valence-corrected chi connectivity index (χ4v) is 1.87. The van der Waals surface area contributed by atoms with Gasteiger partial charge in [-0.3, -0.25) is 4.79 Å². The van der Waals surface area contributed by atoms with Gasteiger partial charge in [-0.2, -0.15) is 0 Å². The lowest BCUT2D eigenvalue weighted by Crippen LogP contribution is -2.38. The molecule has 0 saturated carbocycles. The van der Waals surface area contributed by atoms with Crippen LogP contribution in [0.3, 0.4) is 0 Å². The third kappa shape index (κ3) is 8.67. The zero-order chi connectivity index (χ0) is 18.8. The van der Waals surface area contributed by atoms with E-state index in [-0.39, 0.29) is 5.60 Å². The number of hydrogen-bond donors (Lipinski definition) is 2. The van der Waals surface area contributed by atoms with Crippen molar-refractivity contribution in [2.24, 2.45) is 5.16 Å². The molecular formula is C19H32N2O3. The van der Waals surface area contributed by atoms with Gasteiger partial charge in [-0.05, 0) is 51.8 Å². The second-order valence-electron chi connectivity index (χ2n) is 6.23. The molecule has 24 heavy (non-hydrogen) atoms. The molecule has 0 amide bonds. The molecule has 136 valence electrons. The number of oxime groups is 1. The van der Waals surface area contributed by atoms with Crippen LogP contribution in [-0.2, 0) is 16.1 Å². The van der Waals surface area contributed by atoms with Crippen LogP contribution in [0.4, 0.5) is 0 Å². The molecule has 1 atom stereocenters. The number of hydrogen-bond acceptors (Lipinski definition) is 4. The molecule has 5 heteroatoms. The van der Waals surface area contributed by atoms with Gasteiger partial charge in [-0.15, -0.1) is 0 Å². The summed E-state index contributed by atoms with van der Waals surface area (Å²) in [4.78, 5) is 16.6. The molecule has 2 N–H and O–H groups in total. The molecule has 0 spiro atoms. The maximum absolute atomic E-state index is 11.1. The Balaban J connectivity index is 0.00000254. The molecule has 0 aliphatic carbocycles. The second-order valence-corrected chi connectivity index (χ2v) is 6.23. The number of likely N-dealkylation sites (N-methyl/N-ethyl adjacent to an activating group) is 1. The average molecular weight is 336 g/mol. The number of carboxylic acid groups (broad SMARTS) is 1. The molecule has 0 fully saturated rings. The summed E-state index contributed by atoms with van der Waals surface area (Å²) in [5.41, 5.74) is 2.41. The van der Waals surface area contributed by atoms with Gasteiger partial charge in [0.15, 0.2) is 0 Å². The average Bonchev–Trinajstić information content (AvgIpc) is 2.54. The van der Waals surface area contributed by atoms with E-state index in [1.807, 2.05) is 72.7 Å². The van der Waals surface area contributed by atoms with Gasteiger partial charge in [0.25, 0.3) is 0 Å². The van der Waals surface area contributed by atoms with E-state index in [2.05, 4.69) is 10.5 Å². The number of carbonyl (C=O) groups is 1. The molecule has 1 unspecified atom stereocenters. The van der Waals surface area contributed by atoms with Crippen molar-refractivity contribution in [2.75, 3.05) is 6.54 Å². The van der Waals surface area contributed by atoms with Gasteiger partial charge < -0.3 is 15.3 Å². The summed E-state index contributed by atoms with van der Waals surface area (Å²) in [5.74, 6) is -0.831. The standard InChI is InChI=1S/C17H26N2O3.C2H6/c1-6-18-15(16(20)21)11-13-7-9-14(10-8-13)12(2)19-22-17(3,4)5;1-2/h7-10,15,18H,6,11H2,1-5H3,(H,20,21);1-2H3/b19-12-;. The predicted molar refractivity (Wildman–Crippen MR) is 99.6 cm³/mol. The Morgan fingerprint density at radius 3 is 2.21 bits per heavy atom. The number of carboxylic acids is 1. The Morgan fingerprint density at radius 1 is 1.25 bits per heavy atom. The second kappa shape index (κ2) is 10.8. The largest absolute Gasteiger partial charge is 0.480 e. The van der Waals surface area contributed by atoms with Crippen LogP contribution in [-0.4, -0.2) is 35.0 Å². The summed E-state index contributed by atoms with van der Waals surface area (Å²) < 4.78 is 0. The Bertz CT molecular complexity index is 516. The summed E-state index contributed by atoms with van der Waals surface area (Å²) >= 11 is 0. The van der Waals surface area contributed by atoms with Crippen LogP contribution in [0.15, 0.2) is 29.4 Å². The van der Waals surface area contributed by atoms with Gasteiger partial charge in [-0.1, -0.05) is 50.2 Å². The van der Waals surface area contributed by atoms with Crippen LogP contribution in [0.1, 0.15) is 59.6 Å². The summed E-state index contributed by atoms with van der Waals surface area (Å²) in [5, 5.41) is 16.2. The molecule has 1 aromatic rings. The zero-order valence-corrected chi connectivity index (χ0v) is 16.0. The minimum Gasteiger partial charge on any atom is -0.480 e. The highest BCUT2D eigenvalue weighted by molar-refractivity contribution is 5.98. The third-order valence-electron chi connectivity index (χ3n) is 3.02. The van der Waals surface area contributed by atoms with Crippen molar-refractivity contribution >= 4 is 11.7 Å². The summed E-state index contributed by atoms with van der Waals surface area (Å²) in [6, 6.07) is 7.17. The summed E-state index contributed by atoms with van der Waals surface area (Å²) in [6.07, 6.45) is 0.456. The number of nitrogens with zero attached hydrogens (tertiary/aromatic N) is 1. The monoisotopic (exact) mass is 336 g/mol. The molecule has 0 bridgehead atoms. The van der Waals surface area contributed by atoms with E-state index < -0.39 is 12.0 Å². The first-order chi connectivity index (χ1) is 11.2. The number of benzene rings is 1. The molecule has 1 rings (SSSR count). The van der Waals surface area contributed by atoms with Crippen molar-refractivity contribution in [3.8, 4) is 0 Å². The lowest BCUT2D eigenvalue weighted by molar-refractivity contribution is -0.139. The Kier molecular flexibility index (Phi) is 9.97. The molecule has 0 aliphatic heterocycles. The van der Waals surface area contributed by atoms with Crippen LogP contribution in [0.5, 0.6) is 0 Å². The number of aliphatic carboxylic acids is 1. The van der Waals surface area contributed by atoms with E-state index in [1.165, 1.54) is 0 Å². The van der Waals surface area contributed by atoms with E-state index in [0.29, 0.717) is 13.0 Å². The highest BCUT2D eigenvalue weighted by Gasteiger charge is 2.16. The molecule has 0 saturated heterocycles. The Labute approximate surface area is 146 Å². The van der Waals surface area contributed by atoms with E-state index in [1.54, 1.807) is 0 Å². The normalized spacial score (nSPS) is 12.9. The number of rotatable bonds is 7. The first-order valence-electron chi connectivity index (χ1n) is 8.51. The summed E-state index contributed by atoms with van der Waals surface area (Å²) in [6.45, 7) is 14.2. The first kappa shape index (κ1) is 22.1. The van der Waals surface area contributed by atoms with Crippen molar-refractivity contribution in [3.05, 3.63) is 35.4 Å². The Morgan fingerprint density at radius 2 is 1.79 bits per heavy atom. The van der Waals surface area contributed by atoms with Gasteiger partial charge in [0.2, 0.25) is 0 Å². The minimum absolute atomic E-state index is 0.318. The maximum atomic E-state index is 11.1. The highest BCUT2D eigenvalue weighted by Crippen LogP contribution is 2.11. The molecule has 0 heterocycles. The first-order valence-corrected chi connectivity index (χ1v) is 8.51. The van der Waals surface area contributed by atoms with Gasteiger partial charge in [0.1, 0.15) is 11.6 Å². The fourth-order valence-electron chi connectivity index (χ4n) is 1.87. The molecular weight excluding hydrogens is 304 g/mol. The van der Waals surface area contributed by atoms with Crippen molar-refractivity contribution < 1.29 is 14.7 Å². The molecule has 5 nitrogen and oxygen atoms in total. The lowest BCUT2D eigenvalue weighted by atomic mass is 10.0. The number of nitrogens with one attached hydrogen (secondary N) is 1. The van der Waals surface area contributed by atoms with E-state index in [4.69, 9.17) is 9.94 Å². The molecule has 0 aliphatic rings. The highest BCUT2D eigenvalue weighted by atomic mass is 16.6. The smallest absolute Gasteiger partial charge is 0.321 e. The van der Waals surface area contributed by atoms with E-state index in [9.17, 15) is 4.79 Å². The Hall–Kier alpha value is -1.88. The third-order valence-corrected chi connectivity index (χ3v) is 3.02. The predicted octanol–water partition coefficient (Wildman–Crippen LogP) is 3.86. The van der Waals surface area contributed by atoms with Crippen LogP contribution in [0.25, 0.3) is 0 Å². The van der Waals surface area contributed by atoms with Gasteiger partial charge in [-0.25, -0.2) is 0 Å². The molecule has 0 radical (unpaired) electrons. The topological polar surface area (TPSA) is 70.9 Å². The lowest BCUT2D eigenvalue weighted by Gasteiger charge is -2.16. The molecule has 1 aromatic carbocycles. The SMILES string of the molecule is CC.CCNC(Cc1ccc(/C(C)=N\OC(C)(C)C)cc1)C(=O)O. The van der Waals surface area contributed by atoms with E-state index in [0.717, 1.165) is 16.8 Å². The summed E-state index contributed by atoms with van der Waals surface area (Å²) in [7, 11) is 0. The van der Waals surface area contributed by atoms with Gasteiger partial charge in [0.05, 0.1) is 5.71 Å². The molecule has 0 aromatic heterocycles. The van der Waals surface area contributed by atoms with Crippen molar-refractivity contribution in [1.29, 1.82) is 0 Å². The van der Waals surface area contributed by atoms with Crippen LogP contribution in [0.2, 0.25) is 0 Å². The van der Waals surface area contributed by atoms with Gasteiger partial charge in [0, 0.05) is 0 Å². The van der Waals surface area contributed by atoms with Crippen molar-refractivity contribution in [1.82, 2.24) is 5.32 Å². The zero-order valence-electron chi connectivity index (χ0n) is 16.0. The quantitative estimate of drug-likeness (QED) is 0.586. The van der Waals surface area contributed by atoms with Crippen molar-refractivity contribution in [2.45, 2.75) is 66.5 Å². The van der Waals surface area contributed by atoms with Crippen LogP contribution >= 0.6 is 0 Å². The minimum atomic E-state index is -0.831. The van der Waals surface area contributed by atoms with Gasteiger partial charge >= 0.3 is 5.97 Å². The van der Waals surface area contributed by atoms with E-state index >= 15 is 0 Å². The van der Waals surface area contributed by atoms with Crippen LogP contribution < -0.4 is 5.32 Å². The van der Waals surface area contributed by atoms with Crippen molar-refractivity contribution in [3.63, 3.8) is 0 Å².